The second-order valence-corrected chi connectivity index (χ2v) is 10.4. The van der Waals surface area contributed by atoms with E-state index in [0.717, 1.165) is 5.56 Å². The largest absolute Gasteiger partial charge is 0.503 e. The van der Waals surface area contributed by atoms with Crippen molar-refractivity contribution in [2.24, 2.45) is 0 Å². The highest BCUT2D eigenvalue weighted by Gasteiger charge is 2.46. The minimum atomic E-state index is -0.917. The number of thiazole rings is 1. The smallest absolute Gasteiger partial charge is 0.294 e. The van der Waals surface area contributed by atoms with Gasteiger partial charge in [0.15, 0.2) is 5.76 Å². The van der Waals surface area contributed by atoms with Gasteiger partial charge < -0.3 is 14.6 Å². The molecule has 1 aliphatic rings. The van der Waals surface area contributed by atoms with E-state index in [9.17, 15) is 14.7 Å². The standard InChI is InChI=1S/C31H28N2O5S/c1-18(2)38-22-16-14-21(15-17-22)33-26(23-12-8-9-13-24(23)37-4)25(28(35)31(33)36)27(34)29-19(3)32-30(39-29)20-10-6-5-7-11-20/h5-18,26,35H,1-4H3. The SMILES string of the molecule is COc1ccccc1C1C(C(=O)c2sc(-c3ccccc3)nc2C)=C(O)C(=O)N1c1ccc(OC(C)C)cc1. The van der Waals surface area contributed by atoms with Crippen molar-refractivity contribution in [3.8, 4) is 22.1 Å². The number of methoxy groups -OCH3 is 1. The van der Waals surface area contributed by atoms with Gasteiger partial charge in [-0.3, -0.25) is 14.5 Å². The number of rotatable bonds is 8. The molecular formula is C31H28N2O5S. The van der Waals surface area contributed by atoms with Crippen molar-refractivity contribution >= 4 is 28.7 Å². The first-order chi connectivity index (χ1) is 18.8. The molecule has 1 aromatic heterocycles. The number of carbonyl (C=O) groups excluding carboxylic acids is 2. The van der Waals surface area contributed by atoms with Crippen LogP contribution in [0.3, 0.4) is 0 Å². The second kappa shape index (κ2) is 10.7. The molecule has 1 N–H and O–H groups in total. The predicted molar refractivity (Wildman–Crippen MR) is 152 cm³/mol. The monoisotopic (exact) mass is 540 g/mol. The maximum absolute atomic E-state index is 14.1. The Morgan fingerprint density at radius 2 is 1.67 bits per heavy atom. The van der Waals surface area contributed by atoms with Gasteiger partial charge in [-0.15, -0.1) is 11.3 Å². The van der Waals surface area contributed by atoms with Crippen molar-refractivity contribution in [2.75, 3.05) is 12.0 Å². The second-order valence-electron chi connectivity index (χ2n) is 9.37. The number of aryl methyl sites for hydroxylation is 1. The summed E-state index contributed by atoms with van der Waals surface area (Å²) in [6, 6.07) is 22.8. The molecule has 2 heterocycles. The van der Waals surface area contributed by atoms with Gasteiger partial charge in [-0.05, 0) is 51.1 Å². The number of nitrogens with zero attached hydrogens (tertiary/aromatic N) is 2. The van der Waals surface area contributed by atoms with Crippen LogP contribution in [0, 0.1) is 6.92 Å². The molecule has 3 aromatic carbocycles. The summed E-state index contributed by atoms with van der Waals surface area (Å²) in [4.78, 5) is 34.1. The zero-order valence-corrected chi connectivity index (χ0v) is 22.9. The lowest BCUT2D eigenvalue weighted by atomic mass is 9.94. The summed E-state index contributed by atoms with van der Waals surface area (Å²) in [6.45, 7) is 5.62. The summed E-state index contributed by atoms with van der Waals surface area (Å²) in [5.74, 6) is -0.566. The number of para-hydroxylation sites is 1. The lowest BCUT2D eigenvalue weighted by molar-refractivity contribution is -0.117. The van der Waals surface area contributed by atoms with E-state index in [4.69, 9.17) is 9.47 Å². The molecule has 1 atom stereocenters. The third kappa shape index (κ3) is 4.91. The minimum absolute atomic E-state index is 0.0102. The summed E-state index contributed by atoms with van der Waals surface area (Å²) < 4.78 is 11.4. The van der Waals surface area contributed by atoms with E-state index in [1.54, 1.807) is 43.3 Å². The maximum Gasteiger partial charge on any atom is 0.294 e. The number of Topliss-reactive ketones (excluding diaryl/α,β-unsaturated/α-hetero) is 1. The Labute approximate surface area is 231 Å². The Bertz CT molecular complexity index is 1560. The quantitative estimate of drug-likeness (QED) is 0.250. The van der Waals surface area contributed by atoms with Gasteiger partial charge in [0.1, 0.15) is 16.5 Å². The fourth-order valence-electron chi connectivity index (χ4n) is 4.68. The van der Waals surface area contributed by atoms with Gasteiger partial charge in [0.2, 0.25) is 5.78 Å². The van der Waals surface area contributed by atoms with Crippen LogP contribution in [0.4, 0.5) is 5.69 Å². The Balaban J connectivity index is 1.62. The van der Waals surface area contributed by atoms with Crippen LogP contribution >= 0.6 is 11.3 Å². The summed E-state index contributed by atoms with van der Waals surface area (Å²) in [5, 5.41) is 11.9. The van der Waals surface area contributed by atoms with Crippen molar-refractivity contribution in [3.63, 3.8) is 0 Å². The van der Waals surface area contributed by atoms with E-state index in [1.807, 2.05) is 56.3 Å². The number of hydrogen-bond acceptors (Lipinski definition) is 7. The molecule has 1 aliphatic heterocycles. The molecule has 0 fully saturated rings. The van der Waals surface area contributed by atoms with Gasteiger partial charge in [0, 0.05) is 16.8 Å². The third-order valence-electron chi connectivity index (χ3n) is 6.40. The topological polar surface area (TPSA) is 89.0 Å². The van der Waals surface area contributed by atoms with E-state index < -0.39 is 23.5 Å². The third-order valence-corrected chi connectivity index (χ3v) is 7.60. The Morgan fingerprint density at radius 3 is 2.33 bits per heavy atom. The van der Waals surface area contributed by atoms with Gasteiger partial charge in [-0.2, -0.15) is 0 Å². The van der Waals surface area contributed by atoms with E-state index in [1.165, 1.54) is 23.3 Å². The number of carbonyl (C=O) groups is 2. The summed E-state index contributed by atoms with van der Waals surface area (Å²) in [7, 11) is 1.53. The normalized spacial score (nSPS) is 15.3. The van der Waals surface area contributed by atoms with Crippen LogP contribution in [0.1, 0.15) is 40.8 Å². The summed E-state index contributed by atoms with van der Waals surface area (Å²) in [6.07, 6.45) is -0.0102. The van der Waals surface area contributed by atoms with Crippen LogP contribution in [0.25, 0.3) is 10.6 Å². The van der Waals surface area contributed by atoms with Gasteiger partial charge in [0.05, 0.1) is 35.4 Å². The number of amides is 1. The van der Waals surface area contributed by atoms with Crippen molar-refractivity contribution in [1.29, 1.82) is 0 Å². The molecule has 0 bridgehead atoms. The molecule has 0 saturated heterocycles. The number of aliphatic hydroxyl groups is 1. The molecule has 0 radical (unpaired) electrons. The summed E-state index contributed by atoms with van der Waals surface area (Å²) in [5.41, 5.74) is 2.49. The molecule has 198 valence electrons. The number of benzene rings is 3. The fraction of sp³-hybridized carbons (Fsp3) is 0.194. The zero-order valence-electron chi connectivity index (χ0n) is 22.0. The molecular weight excluding hydrogens is 512 g/mol. The first-order valence-corrected chi connectivity index (χ1v) is 13.4. The molecule has 5 rings (SSSR count). The number of aliphatic hydroxyl groups excluding tert-OH is 1. The van der Waals surface area contributed by atoms with Gasteiger partial charge in [0.25, 0.3) is 5.91 Å². The summed E-state index contributed by atoms with van der Waals surface area (Å²) >= 11 is 1.24. The van der Waals surface area contributed by atoms with Crippen LogP contribution in [-0.4, -0.2) is 35.0 Å². The van der Waals surface area contributed by atoms with Crippen molar-refractivity contribution in [2.45, 2.75) is 32.9 Å². The van der Waals surface area contributed by atoms with E-state index >= 15 is 0 Å². The molecule has 0 aliphatic carbocycles. The number of ketones is 1. The molecule has 4 aromatic rings. The molecule has 0 spiro atoms. The van der Waals surface area contributed by atoms with Crippen LogP contribution in [-0.2, 0) is 4.79 Å². The molecule has 39 heavy (non-hydrogen) atoms. The Kier molecular flexibility index (Phi) is 7.21. The highest BCUT2D eigenvalue weighted by atomic mass is 32.1. The zero-order chi connectivity index (χ0) is 27.7. The van der Waals surface area contributed by atoms with Gasteiger partial charge in [-0.25, -0.2) is 4.98 Å². The fourth-order valence-corrected chi connectivity index (χ4v) is 5.71. The first-order valence-electron chi connectivity index (χ1n) is 12.5. The van der Waals surface area contributed by atoms with E-state index in [0.29, 0.717) is 38.3 Å². The van der Waals surface area contributed by atoms with Crippen molar-refractivity contribution in [3.05, 3.63) is 106 Å². The van der Waals surface area contributed by atoms with E-state index in [-0.39, 0.29) is 11.7 Å². The van der Waals surface area contributed by atoms with Crippen LogP contribution in [0.5, 0.6) is 11.5 Å². The lowest BCUT2D eigenvalue weighted by Gasteiger charge is -2.28. The first kappa shape index (κ1) is 26.2. The Morgan fingerprint density at radius 1 is 1.00 bits per heavy atom. The highest BCUT2D eigenvalue weighted by Crippen LogP contribution is 2.46. The molecule has 8 heteroatoms. The van der Waals surface area contributed by atoms with Crippen LogP contribution < -0.4 is 14.4 Å². The van der Waals surface area contributed by atoms with Crippen LogP contribution in [0.2, 0.25) is 0 Å². The number of hydrogen-bond donors (Lipinski definition) is 1. The molecule has 7 nitrogen and oxygen atoms in total. The Hall–Kier alpha value is -4.43. The van der Waals surface area contributed by atoms with Crippen molar-refractivity contribution in [1.82, 2.24) is 4.98 Å². The number of ether oxygens (including phenoxy) is 2. The van der Waals surface area contributed by atoms with Crippen molar-refractivity contribution < 1.29 is 24.2 Å². The van der Waals surface area contributed by atoms with Gasteiger partial charge >= 0.3 is 0 Å². The molecule has 1 unspecified atom stereocenters. The van der Waals surface area contributed by atoms with Crippen LogP contribution in [0.15, 0.2) is 90.2 Å². The maximum atomic E-state index is 14.1. The molecule has 0 saturated carbocycles. The number of anilines is 1. The van der Waals surface area contributed by atoms with Gasteiger partial charge in [-0.1, -0.05) is 48.5 Å². The molecule has 1 amide bonds. The average molecular weight is 541 g/mol. The minimum Gasteiger partial charge on any atom is -0.503 e. The predicted octanol–water partition coefficient (Wildman–Crippen LogP) is 6.70. The average Bonchev–Trinajstić information content (AvgIpc) is 3.46. The highest BCUT2D eigenvalue weighted by molar-refractivity contribution is 7.17. The van der Waals surface area contributed by atoms with E-state index in [2.05, 4.69) is 4.98 Å². The number of aromatic nitrogens is 1. The lowest BCUT2D eigenvalue weighted by Crippen LogP contribution is -2.31.